The van der Waals surface area contributed by atoms with Crippen LogP contribution in [0.2, 0.25) is 0 Å². The van der Waals surface area contributed by atoms with Gasteiger partial charge in [-0.15, -0.1) is 0 Å². The Bertz CT molecular complexity index is 630. The molecule has 0 aromatic carbocycles. The topological polar surface area (TPSA) is 79.5 Å². The van der Waals surface area contributed by atoms with Crippen LogP contribution in [0.1, 0.15) is 6.92 Å². The number of thiocarbonyl (C=S) groups is 1. The molecule has 0 aliphatic carbocycles. The van der Waals surface area contributed by atoms with E-state index in [1.807, 2.05) is 11.8 Å². The normalized spacial score (nSPS) is 19.3. The van der Waals surface area contributed by atoms with Crippen molar-refractivity contribution >= 4 is 27.2 Å². The fourth-order valence-electron chi connectivity index (χ4n) is 2.19. The van der Waals surface area contributed by atoms with Gasteiger partial charge in [-0.05, 0) is 19.1 Å². The zero-order chi connectivity index (χ0) is 15.6. The predicted octanol–water partition coefficient (Wildman–Crippen LogP) is 0.202. The molecular formula is C12H17FN4O2S2. The molecule has 6 nitrogen and oxygen atoms in total. The molecule has 1 aromatic heterocycles. The minimum Gasteiger partial charge on any atom is -0.392 e. The Morgan fingerprint density at radius 3 is 2.57 bits per heavy atom. The van der Waals surface area contributed by atoms with Crippen molar-refractivity contribution in [2.45, 2.75) is 18.0 Å². The van der Waals surface area contributed by atoms with Gasteiger partial charge >= 0.3 is 0 Å². The van der Waals surface area contributed by atoms with Crippen LogP contribution >= 0.6 is 12.2 Å². The van der Waals surface area contributed by atoms with Gasteiger partial charge in [0.1, 0.15) is 0 Å². The van der Waals surface area contributed by atoms with Gasteiger partial charge < -0.3 is 5.73 Å². The summed E-state index contributed by atoms with van der Waals surface area (Å²) in [4.78, 5) is 6.03. The van der Waals surface area contributed by atoms with E-state index in [4.69, 9.17) is 18.0 Å². The Kier molecular flexibility index (Phi) is 4.87. The van der Waals surface area contributed by atoms with E-state index in [-0.39, 0.29) is 19.1 Å². The number of hydrogen-bond donors (Lipinski definition) is 1. The van der Waals surface area contributed by atoms with E-state index in [9.17, 15) is 12.8 Å². The van der Waals surface area contributed by atoms with E-state index in [0.29, 0.717) is 18.1 Å². The minimum absolute atomic E-state index is 0.0866. The van der Waals surface area contributed by atoms with Gasteiger partial charge in [0.05, 0.1) is 11.0 Å². The van der Waals surface area contributed by atoms with Gasteiger partial charge in [-0.1, -0.05) is 12.2 Å². The van der Waals surface area contributed by atoms with Crippen LogP contribution in [0.15, 0.2) is 23.4 Å². The van der Waals surface area contributed by atoms with Crippen LogP contribution < -0.4 is 5.73 Å². The van der Waals surface area contributed by atoms with Crippen molar-refractivity contribution in [3.63, 3.8) is 0 Å². The van der Waals surface area contributed by atoms with E-state index in [1.54, 1.807) is 0 Å². The first-order chi connectivity index (χ1) is 9.84. The molecule has 1 aliphatic rings. The third kappa shape index (κ3) is 3.37. The molecule has 2 N–H and O–H groups in total. The number of hydrogen-bond acceptors (Lipinski definition) is 5. The molecule has 21 heavy (non-hydrogen) atoms. The van der Waals surface area contributed by atoms with Gasteiger partial charge in [-0.25, -0.2) is 17.8 Å². The SMILES string of the molecule is CC(C(N)=S)N1CCN(S(=O)(=O)c2ncccc2F)CC1. The van der Waals surface area contributed by atoms with Gasteiger partial charge in [-0.3, -0.25) is 4.90 Å². The van der Waals surface area contributed by atoms with E-state index >= 15 is 0 Å². The zero-order valence-electron chi connectivity index (χ0n) is 11.6. The lowest BCUT2D eigenvalue weighted by molar-refractivity contribution is 0.174. The van der Waals surface area contributed by atoms with Crippen LogP contribution in [0.25, 0.3) is 0 Å². The van der Waals surface area contributed by atoms with Crippen LogP contribution in [-0.2, 0) is 10.0 Å². The average Bonchev–Trinajstić information content (AvgIpc) is 2.46. The maximum absolute atomic E-state index is 13.6. The monoisotopic (exact) mass is 332 g/mol. The van der Waals surface area contributed by atoms with Crippen LogP contribution in [0, 0.1) is 5.82 Å². The summed E-state index contributed by atoms with van der Waals surface area (Å²) in [5.74, 6) is -0.837. The summed E-state index contributed by atoms with van der Waals surface area (Å²) in [6, 6.07) is 2.36. The van der Waals surface area contributed by atoms with Gasteiger partial charge in [0.15, 0.2) is 5.82 Å². The highest BCUT2D eigenvalue weighted by Gasteiger charge is 2.33. The molecule has 9 heteroatoms. The molecule has 2 heterocycles. The Balaban J connectivity index is 2.12. The molecule has 0 bridgehead atoms. The largest absolute Gasteiger partial charge is 0.392 e. The van der Waals surface area contributed by atoms with Crippen molar-refractivity contribution in [1.29, 1.82) is 0 Å². The Labute approximate surface area is 128 Å². The Morgan fingerprint density at radius 1 is 1.43 bits per heavy atom. The van der Waals surface area contributed by atoms with E-state index < -0.39 is 20.9 Å². The van der Waals surface area contributed by atoms with Crippen molar-refractivity contribution in [1.82, 2.24) is 14.2 Å². The standard InChI is InChI=1S/C12H17FN4O2S2/c1-9(11(14)20)16-5-7-17(8-6-16)21(18,19)12-10(13)3-2-4-15-12/h2-4,9H,5-8H2,1H3,(H2,14,20). The molecule has 1 unspecified atom stereocenters. The molecule has 0 spiro atoms. The molecule has 1 saturated heterocycles. The maximum Gasteiger partial charge on any atom is 0.263 e. The van der Waals surface area contributed by atoms with Crippen LogP contribution in [-0.4, -0.2) is 59.8 Å². The average molecular weight is 332 g/mol. The van der Waals surface area contributed by atoms with E-state index in [2.05, 4.69) is 4.98 Å². The molecule has 116 valence electrons. The number of aromatic nitrogens is 1. The lowest BCUT2D eigenvalue weighted by Crippen LogP contribution is -2.54. The van der Waals surface area contributed by atoms with Crippen molar-refractivity contribution in [2.75, 3.05) is 26.2 Å². The minimum atomic E-state index is -3.91. The number of rotatable bonds is 4. The summed E-state index contributed by atoms with van der Waals surface area (Å²) in [6.07, 6.45) is 1.27. The Morgan fingerprint density at radius 2 is 2.05 bits per heavy atom. The van der Waals surface area contributed by atoms with Crippen LogP contribution in [0.5, 0.6) is 0 Å². The quantitative estimate of drug-likeness (QED) is 0.794. The molecule has 1 aliphatic heterocycles. The molecule has 0 saturated carbocycles. The smallest absolute Gasteiger partial charge is 0.263 e. The second-order valence-electron chi connectivity index (χ2n) is 4.81. The molecular weight excluding hydrogens is 315 g/mol. The highest BCUT2D eigenvalue weighted by atomic mass is 32.2. The first kappa shape index (κ1) is 16.2. The fraction of sp³-hybridized carbons (Fsp3) is 0.500. The predicted molar refractivity (Wildman–Crippen MR) is 80.8 cm³/mol. The summed E-state index contributed by atoms with van der Waals surface area (Å²) >= 11 is 4.94. The van der Waals surface area contributed by atoms with Gasteiger partial charge in [0.2, 0.25) is 5.03 Å². The summed E-state index contributed by atoms with van der Waals surface area (Å²) in [5, 5.41) is -0.527. The molecule has 2 rings (SSSR count). The van der Waals surface area contributed by atoms with Gasteiger partial charge in [-0.2, -0.15) is 4.31 Å². The molecule has 0 radical (unpaired) electrons. The third-order valence-electron chi connectivity index (χ3n) is 3.54. The number of nitrogens with zero attached hydrogens (tertiary/aromatic N) is 3. The molecule has 1 aromatic rings. The molecule has 1 atom stereocenters. The van der Waals surface area contributed by atoms with E-state index in [0.717, 1.165) is 6.07 Å². The molecule has 0 amide bonds. The van der Waals surface area contributed by atoms with Gasteiger partial charge in [0, 0.05) is 32.4 Å². The van der Waals surface area contributed by atoms with E-state index in [1.165, 1.54) is 16.6 Å². The summed E-state index contributed by atoms with van der Waals surface area (Å²) < 4.78 is 39.6. The van der Waals surface area contributed by atoms with Crippen molar-refractivity contribution in [2.24, 2.45) is 5.73 Å². The first-order valence-corrected chi connectivity index (χ1v) is 8.33. The lowest BCUT2D eigenvalue weighted by atomic mass is 10.2. The number of nitrogens with two attached hydrogens (primary N) is 1. The highest BCUT2D eigenvalue weighted by molar-refractivity contribution is 7.89. The third-order valence-corrected chi connectivity index (χ3v) is 5.72. The lowest BCUT2D eigenvalue weighted by Gasteiger charge is -2.36. The number of halogens is 1. The molecule has 1 fully saturated rings. The number of pyridine rings is 1. The summed E-state index contributed by atoms with van der Waals surface area (Å²) in [6.45, 7) is 3.37. The zero-order valence-corrected chi connectivity index (χ0v) is 13.2. The number of sulfonamides is 1. The van der Waals surface area contributed by atoms with Gasteiger partial charge in [0.25, 0.3) is 10.0 Å². The fourth-order valence-corrected chi connectivity index (χ4v) is 3.74. The van der Waals surface area contributed by atoms with Crippen molar-refractivity contribution in [3.05, 3.63) is 24.1 Å². The number of piperazine rings is 1. The van der Waals surface area contributed by atoms with Crippen LogP contribution in [0.4, 0.5) is 4.39 Å². The second kappa shape index (κ2) is 6.30. The van der Waals surface area contributed by atoms with Crippen molar-refractivity contribution < 1.29 is 12.8 Å². The highest BCUT2D eigenvalue weighted by Crippen LogP contribution is 2.18. The Hall–Kier alpha value is -1.16. The summed E-state index contributed by atoms with van der Waals surface area (Å²) in [7, 11) is -3.91. The second-order valence-corrected chi connectivity index (χ2v) is 7.13. The summed E-state index contributed by atoms with van der Waals surface area (Å²) in [5.41, 5.74) is 5.60. The maximum atomic E-state index is 13.6. The first-order valence-electron chi connectivity index (χ1n) is 6.48. The van der Waals surface area contributed by atoms with Crippen LogP contribution in [0.3, 0.4) is 0 Å². The van der Waals surface area contributed by atoms with Crippen molar-refractivity contribution in [3.8, 4) is 0 Å².